The summed E-state index contributed by atoms with van der Waals surface area (Å²) in [6, 6.07) is 23.6. The third-order valence-electron chi connectivity index (χ3n) is 10.9. The van der Waals surface area contributed by atoms with Crippen LogP contribution in [0.2, 0.25) is 10.0 Å². The monoisotopic (exact) mass is 991 g/mol. The van der Waals surface area contributed by atoms with E-state index in [1.165, 1.54) is 43.5 Å². The Bertz CT molecular complexity index is 2540. The van der Waals surface area contributed by atoms with Gasteiger partial charge in [-0.05, 0) is 48.5 Å². The van der Waals surface area contributed by atoms with Crippen LogP contribution in [0.25, 0.3) is 0 Å². The van der Waals surface area contributed by atoms with E-state index >= 15 is 0 Å². The van der Waals surface area contributed by atoms with Gasteiger partial charge in [-0.2, -0.15) is 0 Å². The molecule has 4 aromatic carbocycles. The first-order valence-electron chi connectivity index (χ1n) is 21.1. The quantitative estimate of drug-likeness (QED) is 0.0849. The number of methoxy groups -OCH3 is 1. The molecular formula is C48H43Cl2NO18. The number of hydrogen-bond donors (Lipinski definition) is 0. The normalized spacial score (nSPS) is 25.2. The van der Waals surface area contributed by atoms with E-state index in [2.05, 4.69) is 0 Å². The van der Waals surface area contributed by atoms with Crippen LogP contribution in [0.1, 0.15) is 72.6 Å². The Kier molecular flexibility index (Phi) is 16.1. The molecule has 0 bridgehead atoms. The van der Waals surface area contributed by atoms with Gasteiger partial charge in [0.15, 0.2) is 37.0 Å². The van der Waals surface area contributed by atoms with Gasteiger partial charge < -0.3 is 47.4 Å². The fourth-order valence-corrected chi connectivity index (χ4v) is 8.25. The molecule has 10 atom stereocenters. The van der Waals surface area contributed by atoms with Crippen LogP contribution in [0.15, 0.2) is 103 Å². The minimum atomic E-state index is -2.07. The number of fused-ring (bicyclic) bond motifs is 1. The Morgan fingerprint density at radius 3 is 1.43 bits per heavy atom. The van der Waals surface area contributed by atoms with Crippen molar-refractivity contribution in [3.05, 3.63) is 141 Å². The standard InChI is InChI=1S/C48H43Cl2NO18/c1-24(52)61-22-34-37(63-25(2)53)39(64-26(3)54)36(51-42(55)30-20-32(49)33(50)21-31(30)43(51)56)47(65-34)69-38-35(23-62-44(57)27-14-8-5-9-15-27)66-48(60-4)41(68-46(59)29-18-12-7-13-19-29)40(38)67-45(58)28-16-10-6-11-17-28/h5-21,34-41,47-48H,22-23H2,1-4H3/t34-,35-,36-,37-,38-,39-,40+,41-,47+,48+/m1/s1. The molecule has 3 aliphatic heterocycles. The van der Waals surface area contributed by atoms with E-state index in [4.69, 9.17) is 70.6 Å². The number of halogens is 2. The van der Waals surface area contributed by atoms with E-state index < -0.39 is 122 Å². The van der Waals surface area contributed by atoms with Crippen LogP contribution in [-0.4, -0.2) is 134 Å². The molecule has 7 rings (SSSR count). The van der Waals surface area contributed by atoms with Crippen LogP contribution in [0.5, 0.6) is 0 Å². The number of rotatable bonds is 15. The Balaban J connectivity index is 1.40. The molecule has 2 amide bonds. The smallest absolute Gasteiger partial charge is 0.338 e. The highest BCUT2D eigenvalue weighted by Gasteiger charge is 2.60. The van der Waals surface area contributed by atoms with Crippen molar-refractivity contribution in [1.82, 2.24) is 4.90 Å². The summed E-state index contributed by atoms with van der Waals surface area (Å²) < 4.78 is 59.9. The molecule has 4 aromatic rings. The minimum Gasteiger partial charge on any atom is -0.463 e. The number of amides is 2. The van der Waals surface area contributed by atoms with Gasteiger partial charge in [0.25, 0.3) is 11.8 Å². The zero-order valence-corrected chi connectivity index (χ0v) is 38.6. The highest BCUT2D eigenvalue weighted by atomic mass is 35.5. The topological polar surface area (TPSA) is 232 Å². The van der Waals surface area contributed by atoms with Gasteiger partial charge in [-0.25, -0.2) is 14.4 Å². The SMILES string of the molecule is CO[C@H]1O[C@H](COC(=O)c2ccccc2)[C@@H](O[C@@H]2O[C@H](COC(C)=O)[C@@H](OC(C)=O)[C@H](OC(C)=O)[C@H]2N2C(=O)c3cc(Cl)c(Cl)cc3C2=O)[C@H](OC(=O)c2ccccc2)[C@H]1OC(=O)c1ccccc1. The lowest BCUT2D eigenvalue weighted by atomic mass is 9.93. The lowest BCUT2D eigenvalue weighted by Gasteiger charge is -2.50. The molecule has 21 heteroatoms. The zero-order chi connectivity index (χ0) is 49.5. The fraction of sp³-hybridized carbons (Fsp3) is 0.333. The molecule has 3 heterocycles. The molecule has 69 heavy (non-hydrogen) atoms. The number of carbonyl (C=O) groups is 8. The number of hydrogen-bond acceptors (Lipinski definition) is 18. The minimum absolute atomic E-state index is 0.0210. The molecular weight excluding hydrogens is 949 g/mol. The molecule has 3 aliphatic rings. The Morgan fingerprint density at radius 2 is 0.957 bits per heavy atom. The Labute approximate surface area is 403 Å². The summed E-state index contributed by atoms with van der Waals surface area (Å²) in [5, 5.41) is -0.193. The summed E-state index contributed by atoms with van der Waals surface area (Å²) in [5.74, 6) is -7.58. The average molecular weight is 993 g/mol. The van der Waals surface area contributed by atoms with Crippen LogP contribution < -0.4 is 0 Å². The predicted molar refractivity (Wildman–Crippen MR) is 236 cm³/mol. The second-order valence-corrected chi connectivity index (χ2v) is 16.4. The average Bonchev–Trinajstić information content (AvgIpc) is 3.56. The number of imide groups is 1. The second-order valence-electron chi connectivity index (χ2n) is 15.6. The summed E-state index contributed by atoms with van der Waals surface area (Å²) in [6.07, 6.45) is -15.8. The number of ether oxygens (including phenoxy) is 10. The van der Waals surface area contributed by atoms with Gasteiger partial charge in [0.1, 0.15) is 37.6 Å². The van der Waals surface area contributed by atoms with Gasteiger partial charge in [0, 0.05) is 27.9 Å². The summed E-state index contributed by atoms with van der Waals surface area (Å²) in [6.45, 7) is 1.71. The molecule has 0 radical (unpaired) electrons. The van der Waals surface area contributed by atoms with Crippen molar-refractivity contribution in [3.8, 4) is 0 Å². The third kappa shape index (κ3) is 11.4. The van der Waals surface area contributed by atoms with Gasteiger partial charge in [-0.15, -0.1) is 0 Å². The van der Waals surface area contributed by atoms with E-state index in [1.807, 2.05) is 0 Å². The molecule has 0 N–H and O–H groups in total. The van der Waals surface area contributed by atoms with Crippen molar-refractivity contribution in [3.63, 3.8) is 0 Å². The first kappa shape index (κ1) is 50.1. The van der Waals surface area contributed by atoms with Crippen LogP contribution in [0.4, 0.5) is 0 Å². The highest BCUT2D eigenvalue weighted by Crippen LogP contribution is 2.40. The maximum absolute atomic E-state index is 14.5. The van der Waals surface area contributed by atoms with Gasteiger partial charge >= 0.3 is 35.8 Å². The van der Waals surface area contributed by atoms with Gasteiger partial charge in [0.05, 0.1) is 37.9 Å². The summed E-state index contributed by atoms with van der Waals surface area (Å²) >= 11 is 12.6. The molecule has 2 saturated heterocycles. The predicted octanol–water partition coefficient (Wildman–Crippen LogP) is 5.17. The van der Waals surface area contributed by atoms with Crippen LogP contribution >= 0.6 is 23.2 Å². The van der Waals surface area contributed by atoms with Crippen molar-refractivity contribution in [1.29, 1.82) is 0 Å². The molecule has 0 aromatic heterocycles. The van der Waals surface area contributed by atoms with Crippen LogP contribution in [0.3, 0.4) is 0 Å². The molecule has 362 valence electrons. The Morgan fingerprint density at radius 1 is 0.522 bits per heavy atom. The maximum atomic E-state index is 14.5. The number of carbonyl (C=O) groups excluding carboxylic acids is 8. The summed E-state index contributed by atoms with van der Waals surface area (Å²) in [7, 11) is 1.21. The van der Waals surface area contributed by atoms with Gasteiger partial charge in [-0.1, -0.05) is 77.8 Å². The van der Waals surface area contributed by atoms with E-state index in [9.17, 15) is 38.4 Å². The molecule has 0 unspecified atom stereocenters. The van der Waals surface area contributed by atoms with E-state index in [-0.39, 0.29) is 37.9 Å². The van der Waals surface area contributed by atoms with E-state index in [0.29, 0.717) is 4.90 Å². The van der Waals surface area contributed by atoms with Crippen LogP contribution in [-0.2, 0) is 61.8 Å². The number of benzene rings is 4. The first-order valence-corrected chi connectivity index (χ1v) is 21.9. The van der Waals surface area contributed by atoms with Crippen molar-refractivity contribution >= 4 is 70.8 Å². The van der Waals surface area contributed by atoms with Crippen molar-refractivity contribution in [2.45, 2.75) is 82.1 Å². The third-order valence-corrected chi connectivity index (χ3v) is 11.7. The largest absolute Gasteiger partial charge is 0.463 e. The molecule has 0 saturated carbocycles. The van der Waals surface area contributed by atoms with Crippen LogP contribution in [0, 0.1) is 0 Å². The molecule has 2 fully saturated rings. The lowest BCUT2D eigenvalue weighted by Crippen LogP contribution is -2.70. The van der Waals surface area contributed by atoms with E-state index in [0.717, 1.165) is 32.9 Å². The van der Waals surface area contributed by atoms with Gasteiger partial charge in [-0.3, -0.25) is 28.9 Å². The lowest BCUT2D eigenvalue weighted by molar-refractivity contribution is -0.346. The molecule has 0 aliphatic carbocycles. The second kappa shape index (κ2) is 22.1. The maximum Gasteiger partial charge on any atom is 0.338 e. The fourth-order valence-electron chi connectivity index (χ4n) is 7.92. The van der Waals surface area contributed by atoms with E-state index in [1.54, 1.807) is 54.6 Å². The summed E-state index contributed by atoms with van der Waals surface area (Å²) in [4.78, 5) is 109. The first-order chi connectivity index (χ1) is 33.1. The summed E-state index contributed by atoms with van der Waals surface area (Å²) in [5.41, 5.74) is -0.262. The molecule has 19 nitrogen and oxygen atoms in total. The van der Waals surface area contributed by atoms with Crippen molar-refractivity contribution in [2.75, 3.05) is 20.3 Å². The molecule has 0 spiro atoms. The van der Waals surface area contributed by atoms with Crippen molar-refractivity contribution < 1.29 is 85.7 Å². The van der Waals surface area contributed by atoms with Gasteiger partial charge in [0.2, 0.25) is 0 Å². The highest BCUT2D eigenvalue weighted by molar-refractivity contribution is 6.43. The number of esters is 6. The zero-order valence-electron chi connectivity index (χ0n) is 37.1. The van der Waals surface area contributed by atoms with Crippen molar-refractivity contribution in [2.24, 2.45) is 0 Å². The Hall–Kier alpha value is -6.74. The number of nitrogens with zero attached hydrogens (tertiary/aromatic N) is 1.